The molecule has 1 aromatic carbocycles. The molecule has 0 aliphatic carbocycles. The number of carbonyl (C=O) groups excluding carboxylic acids is 1. The molecule has 3 heterocycles. The first kappa shape index (κ1) is 17.2. The van der Waals surface area contributed by atoms with E-state index in [9.17, 15) is 4.79 Å². The lowest BCUT2D eigenvalue weighted by atomic mass is 9.99. The van der Waals surface area contributed by atoms with Crippen LogP contribution in [0.1, 0.15) is 32.9 Å². The molecule has 2 aromatic heterocycles. The number of anilines is 1. The van der Waals surface area contributed by atoms with Gasteiger partial charge in [0.05, 0.1) is 10.6 Å². The first-order valence-electron chi connectivity index (χ1n) is 8.74. The fraction of sp³-hybridized carbons (Fsp3) is 0.300. The highest BCUT2D eigenvalue weighted by Gasteiger charge is 2.17. The van der Waals surface area contributed by atoms with E-state index in [1.165, 1.54) is 29.0 Å². The lowest BCUT2D eigenvalue weighted by Crippen LogP contribution is -2.25. The van der Waals surface area contributed by atoms with E-state index in [0.717, 1.165) is 34.1 Å². The van der Waals surface area contributed by atoms with Crippen molar-refractivity contribution in [1.82, 2.24) is 10.3 Å². The van der Waals surface area contributed by atoms with Gasteiger partial charge in [-0.1, -0.05) is 18.2 Å². The van der Waals surface area contributed by atoms with Gasteiger partial charge in [-0.3, -0.25) is 4.79 Å². The Kier molecular flexibility index (Phi) is 4.78. The molecule has 134 valence electrons. The third kappa shape index (κ3) is 3.39. The van der Waals surface area contributed by atoms with E-state index >= 15 is 0 Å². The van der Waals surface area contributed by atoms with Crippen molar-refractivity contribution in [1.29, 1.82) is 0 Å². The van der Waals surface area contributed by atoms with Gasteiger partial charge in [0.2, 0.25) is 0 Å². The van der Waals surface area contributed by atoms with Crippen LogP contribution in [-0.4, -0.2) is 24.5 Å². The van der Waals surface area contributed by atoms with Crippen molar-refractivity contribution < 1.29 is 4.79 Å². The minimum absolute atomic E-state index is 0.0438. The third-order valence-corrected chi connectivity index (χ3v) is 6.88. The van der Waals surface area contributed by atoms with Gasteiger partial charge in [-0.15, -0.1) is 22.7 Å². The first-order valence-corrected chi connectivity index (χ1v) is 10.4. The standard InChI is InChI=1S/C20H21N3OS2/c1-13-18(26-20(22-13)17-6-4-10-25-17)19(24)21-12-14-7-8-16-15(11-14)5-3-9-23(16)2/h4,6-8,10-11H,3,5,9,12H2,1-2H3,(H,21,24). The van der Waals surface area contributed by atoms with Crippen LogP contribution in [-0.2, 0) is 13.0 Å². The van der Waals surface area contributed by atoms with E-state index < -0.39 is 0 Å². The topological polar surface area (TPSA) is 45.2 Å². The highest BCUT2D eigenvalue weighted by Crippen LogP contribution is 2.31. The number of fused-ring (bicyclic) bond motifs is 1. The Morgan fingerprint density at radius 3 is 3.04 bits per heavy atom. The van der Waals surface area contributed by atoms with Crippen molar-refractivity contribution in [3.63, 3.8) is 0 Å². The fourth-order valence-electron chi connectivity index (χ4n) is 3.32. The number of thiophene rings is 1. The number of aryl methyl sites for hydroxylation is 2. The van der Waals surface area contributed by atoms with E-state index in [-0.39, 0.29) is 5.91 Å². The second-order valence-corrected chi connectivity index (χ2v) is 8.53. The lowest BCUT2D eigenvalue weighted by Gasteiger charge is -2.27. The Morgan fingerprint density at radius 1 is 1.35 bits per heavy atom. The summed E-state index contributed by atoms with van der Waals surface area (Å²) in [5.41, 5.74) is 4.63. The minimum Gasteiger partial charge on any atom is -0.374 e. The van der Waals surface area contributed by atoms with E-state index in [0.29, 0.717) is 11.4 Å². The van der Waals surface area contributed by atoms with E-state index in [4.69, 9.17) is 0 Å². The number of nitrogens with zero attached hydrogens (tertiary/aromatic N) is 2. The van der Waals surface area contributed by atoms with E-state index in [1.807, 2.05) is 24.4 Å². The molecule has 4 nitrogen and oxygen atoms in total. The average molecular weight is 384 g/mol. The molecule has 3 aromatic rings. The number of nitrogens with one attached hydrogen (secondary N) is 1. The van der Waals surface area contributed by atoms with Crippen molar-refractivity contribution in [3.8, 4) is 9.88 Å². The van der Waals surface area contributed by atoms with Crippen LogP contribution in [0.15, 0.2) is 35.7 Å². The van der Waals surface area contributed by atoms with Crippen molar-refractivity contribution >= 4 is 34.3 Å². The number of carbonyl (C=O) groups is 1. The summed E-state index contributed by atoms with van der Waals surface area (Å²) in [6.45, 7) is 3.55. The molecule has 1 amide bonds. The molecule has 1 N–H and O–H groups in total. The smallest absolute Gasteiger partial charge is 0.263 e. The Morgan fingerprint density at radius 2 is 2.23 bits per heavy atom. The molecule has 0 spiro atoms. The van der Waals surface area contributed by atoms with Gasteiger partial charge in [-0.2, -0.15) is 0 Å². The fourth-order valence-corrected chi connectivity index (χ4v) is 5.10. The summed E-state index contributed by atoms with van der Waals surface area (Å²) in [6, 6.07) is 10.5. The molecule has 4 rings (SSSR count). The lowest BCUT2D eigenvalue weighted by molar-refractivity contribution is 0.0954. The molecule has 26 heavy (non-hydrogen) atoms. The van der Waals surface area contributed by atoms with Gasteiger partial charge in [-0.05, 0) is 48.4 Å². The van der Waals surface area contributed by atoms with Crippen molar-refractivity contribution in [3.05, 3.63) is 57.4 Å². The SMILES string of the molecule is Cc1nc(-c2cccs2)sc1C(=O)NCc1ccc2c(c1)CCCN2C. The van der Waals surface area contributed by atoms with Gasteiger partial charge < -0.3 is 10.2 Å². The largest absolute Gasteiger partial charge is 0.374 e. The number of hydrogen-bond donors (Lipinski definition) is 1. The van der Waals surface area contributed by atoms with Crippen molar-refractivity contribution in [2.24, 2.45) is 0 Å². The van der Waals surface area contributed by atoms with Crippen molar-refractivity contribution in [2.45, 2.75) is 26.3 Å². The zero-order valence-corrected chi connectivity index (χ0v) is 16.5. The van der Waals surface area contributed by atoms with Crippen LogP contribution in [0.3, 0.4) is 0 Å². The van der Waals surface area contributed by atoms with Crippen LogP contribution >= 0.6 is 22.7 Å². The maximum atomic E-state index is 12.6. The minimum atomic E-state index is -0.0438. The Bertz CT molecular complexity index is 931. The van der Waals surface area contributed by atoms with Crippen molar-refractivity contribution in [2.75, 3.05) is 18.5 Å². The number of benzene rings is 1. The maximum Gasteiger partial charge on any atom is 0.263 e. The first-order chi connectivity index (χ1) is 12.6. The van der Waals surface area contributed by atoms with Crippen LogP contribution in [0.4, 0.5) is 5.69 Å². The highest BCUT2D eigenvalue weighted by molar-refractivity contribution is 7.22. The van der Waals surface area contributed by atoms with Crippen LogP contribution < -0.4 is 10.2 Å². The average Bonchev–Trinajstić information content (AvgIpc) is 3.29. The molecule has 0 unspecified atom stereocenters. The van der Waals surface area contributed by atoms with Gasteiger partial charge in [0, 0.05) is 25.8 Å². The van der Waals surface area contributed by atoms with Gasteiger partial charge in [-0.25, -0.2) is 4.98 Å². The zero-order valence-electron chi connectivity index (χ0n) is 14.9. The maximum absolute atomic E-state index is 12.6. The summed E-state index contributed by atoms with van der Waals surface area (Å²) in [5.74, 6) is -0.0438. The molecule has 0 atom stereocenters. The number of thiazole rings is 1. The molecule has 1 aliphatic heterocycles. The second-order valence-electron chi connectivity index (χ2n) is 6.58. The Balaban J connectivity index is 1.46. The summed E-state index contributed by atoms with van der Waals surface area (Å²) < 4.78 is 0. The van der Waals surface area contributed by atoms with E-state index in [1.54, 1.807) is 11.3 Å². The van der Waals surface area contributed by atoms with Crippen LogP contribution in [0.25, 0.3) is 9.88 Å². The van der Waals surface area contributed by atoms with Crippen LogP contribution in [0.2, 0.25) is 0 Å². The summed E-state index contributed by atoms with van der Waals surface area (Å²) in [4.78, 5) is 21.3. The summed E-state index contributed by atoms with van der Waals surface area (Å²) >= 11 is 3.11. The molecule has 0 fully saturated rings. The summed E-state index contributed by atoms with van der Waals surface area (Å²) in [7, 11) is 2.14. The summed E-state index contributed by atoms with van der Waals surface area (Å²) in [5, 5.41) is 6.00. The predicted molar refractivity (Wildman–Crippen MR) is 109 cm³/mol. The second kappa shape index (κ2) is 7.21. The van der Waals surface area contributed by atoms with Crippen LogP contribution in [0.5, 0.6) is 0 Å². The molecule has 0 saturated heterocycles. The predicted octanol–water partition coefficient (Wildman–Crippen LogP) is 4.49. The molecule has 6 heteroatoms. The number of rotatable bonds is 4. The quantitative estimate of drug-likeness (QED) is 0.722. The van der Waals surface area contributed by atoms with E-state index in [2.05, 4.69) is 40.4 Å². The molecular weight excluding hydrogens is 362 g/mol. The summed E-state index contributed by atoms with van der Waals surface area (Å²) in [6.07, 6.45) is 2.30. The Hall–Kier alpha value is -2.18. The Labute approximate surface area is 161 Å². The molecule has 1 aliphatic rings. The molecule has 0 saturated carbocycles. The van der Waals surface area contributed by atoms with Gasteiger partial charge in [0.1, 0.15) is 9.88 Å². The van der Waals surface area contributed by atoms with Gasteiger partial charge in [0.25, 0.3) is 5.91 Å². The molecule has 0 bridgehead atoms. The highest BCUT2D eigenvalue weighted by atomic mass is 32.1. The number of aromatic nitrogens is 1. The van der Waals surface area contributed by atoms with Gasteiger partial charge >= 0.3 is 0 Å². The number of hydrogen-bond acceptors (Lipinski definition) is 5. The monoisotopic (exact) mass is 383 g/mol. The number of amides is 1. The third-order valence-electron chi connectivity index (χ3n) is 4.68. The normalized spacial score (nSPS) is 13.5. The van der Waals surface area contributed by atoms with Crippen LogP contribution in [0, 0.1) is 6.92 Å². The van der Waals surface area contributed by atoms with Gasteiger partial charge in [0.15, 0.2) is 0 Å². The molecular formula is C20H21N3OS2. The molecule has 0 radical (unpaired) electrons. The zero-order chi connectivity index (χ0) is 18.1.